The molecule has 2 heterocycles. The number of nitrogens with zero attached hydrogens (tertiary/aromatic N) is 5. The average molecular weight is 631 g/mol. The molecule has 1 aliphatic rings. The van der Waals surface area contributed by atoms with Crippen molar-refractivity contribution in [1.29, 1.82) is 0 Å². The summed E-state index contributed by atoms with van der Waals surface area (Å²) in [5, 5.41) is 6.70. The van der Waals surface area contributed by atoms with E-state index in [2.05, 4.69) is 33.7 Å². The number of amides is 2. The highest BCUT2D eigenvalue weighted by atomic mass is 32.2. The summed E-state index contributed by atoms with van der Waals surface area (Å²) >= 11 is 1.37. The number of ether oxygens (including phenoxy) is 1. The van der Waals surface area contributed by atoms with Gasteiger partial charge in [-0.3, -0.25) is 0 Å². The van der Waals surface area contributed by atoms with Crippen LogP contribution in [0.2, 0.25) is 0 Å². The normalized spacial score (nSPS) is 15.9. The molecule has 1 aromatic heterocycles. The number of carbonyl (C=O) groups excluding carboxylic acids is 1. The van der Waals surface area contributed by atoms with Crippen molar-refractivity contribution in [2.75, 3.05) is 17.2 Å². The Morgan fingerprint density at radius 1 is 1.02 bits per heavy atom. The number of hydrogen-bond donors (Lipinski definition) is 1. The average Bonchev–Trinajstić information content (AvgIpc) is 3.67. The van der Waals surface area contributed by atoms with E-state index in [0.717, 1.165) is 23.4 Å². The zero-order chi connectivity index (χ0) is 31.4. The zero-order valence-electron chi connectivity index (χ0n) is 23.5. The van der Waals surface area contributed by atoms with E-state index in [9.17, 15) is 22.4 Å². The fraction of sp³-hybridized carbons (Fsp3) is 0.267. The Balaban J connectivity index is 1.21. The number of nitrogens with one attached hydrogen (secondary N) is 1. The lowest BCUT2D eigenvalue weighted by Crippen LogP contribution is -2.34. The number of carbonyl (C=O) groups is 1. The van der Waals surface area contributed by atoms with Gasteiger partial charge in [0.15, 0.2) is 17.2 Å². The van der Waals surface area contributed by atoms with Crippen LogP contribution in [0.15, 0.2) is 84.1 Å². The van der Waals surface area contributed by atoms with Crippen LogP contribution >= 0.6 is 11.8 Å². The number of para-hydroxylation sites is 1. The molecule has 0 radical (unpaired) electrons. The summed E-state index contributed by atoms with van der Waals surface area (Å²) in [7, 11) is 0. The lowest BCUT2D eigenvalue weighted by Gasteiger charge is -2.23. The van der Waals surface area contributed by atoms with Gasteiger partial charge in [-0.2, -0.15) is 4.99 Å². The maximum absolute atomic E-state index is 15.0. The first-order chi connectivity index (χ1) is 21.0. The number of alkyl halides is 5. The Kier molecular flexibility index (Phi) is 9.18. The lowest BCUT2D eigenvalue weighted by atomic mass is 10.0. The summed E-state index contributed by atoms with van der Waals surface area (Å²) in [5.74, 6) is 0.821. The molecule has 0 spiro atoms. The molecule has 0 bridgehead atoms. The van der Waals surface area contributed by atoms with Crippen LogP contribution in [0, 0.1) is 0 Å². The predicted octanol–water partition coefficient (Wildman–Crippen LogP) is 7.58. The van der Waals surface area contributed by atoms with E-state index < -0.39 is 24.9 Å². The lowest BCUT2D eigenvalue weighted by molar-refractivity contribution is -0.274. The van der Waals surface area contributed by atoms with E-state index in [0.29, 0.717) is 28.7 Å². The Bertz CT molecular complexity index is 1630. The molecule has 1 N–H and O–H groups in total. The maximum Gasteiger partial charge on any atom is 0.573 e. The topological polar surface area (TPSA) is 84.6 Å². The van der Waals surface area contributed by atoms with Crippen LogP contribution in [0.4, 0.5) is 32.4 Å². The van der Waals surface area contributed by atoms with Gasteiger partial charge in [0, 0.05) is 23.5 Å². The highest BCUT2D eigenvalue weighted by molar-refractivity contribution is 8.14. The van der Waals surface area contributed by atoms with E-state index in [1.54, 1.807) is 0 Å². The Labute approximate surface area is 254 Å². The van der Waals surface area contributed by atoms with E-state index >= 15 is 4.39 Å². The van der Waals surface area contributed by atoms with Gasteiger partial charge in [0.1, 0.15) is 12.1 Å². The molecule has 3 aromatic carbocycles. The third kappa shape index (κ3) is 7.36. The van der Waals surface area contributed by atoms with Crippen LogP contribution < -0.4 is 15.0 Å². The minimum atomic E-state index is -4.80. The summed E-state index contributed by atoms with van der Waals surface area (Å²) in [6.07, 6.45) is -7.95. The van der Waals surface area contributed by atoms with Gasteiger partial charge in [-0.05, 0) is 47.4 Å². The Morgan fingerprint density at radius 2 is 1.73 bits per heavy atom. The second-order valence-corrected chi connectivity index (χ2v) is 11.1. The molecule has 1 fully saturated rings. The number of urea groups is 1. The molecule has 0 saturated carbocycles. The van der Waals surface area contributed by atoms with Crippen molar-refractivity contribution in [1.82, 2.24) is 20.1 Å². The third-order valence-corrected chi connectivity index (χ3v) is 7.61. The highest BCUT2D eigenvalue weighted by Gasteiger charge is 2.31. The smallest absolute Gasteiger partial charge is 0.406 e. The first-order valence-corrected chi connectivity index (χ1v) is 14.5. The van der Waals surface area contributed by atoms with Gasteiger partial charge in [-0.25, -0.2) is 23.2 Å². The van der Waals surface area contributed by atoms with Gasteiger partial charge in [0.05, 0.1) is 5.69 Å². The highest BCUT2D eigenvalue weighted by Crippen LogP contribution is 2.33. The van der Waals surface area contributed by atoms with Crippen LogP contribution in [0.1, 0.15) is 37.1 Å². The van der Waals surface area contributed by atoms with Crippen molar-refractivity contribution in [3.8, 4) is 22.8 Å². The SMILES string of the molecule is CC(C)c1ccccc1N1CCS/C1=N\C(=O)NC(F)C(F)c1ccc(-c2ncn(-c3ccc(OC(F)(F)F)cc3)n2)cc1. The van der Waals surface area contributed by atoms with Crippen LogP contribution in [-0.2, 0) is 0 Å². The molecule has 0 aliphatic carbocycles. The minimum Gasteiger partial charge on any atom is -0.406 e. The van der Waals surface area contributed by atoms with Crippen LogP contribution in [0.3, 0.4) is 0 Å². The minimum absolute atomic E-state index is 0.0170. The van der Waals surface area contributed by atoms with Gasteiger partial charge >= 0.3 is 12.4 Å². The standard InChI is InChI=1S/C30H27F5N6O2S/c1-18(2)23-5-3-4-6-24(23)40-15-16-44-29(40)38-28(42)37-26(32)25(31)19-7-9-20(10-8-19)27-36-17-41(39-27)21-11-13-22(14-12-21)43-30(33,34)35/h3-14,17-18,25-26H,15-16H2,1-2H3,(H,37,42)/b38-29-. The van der Waals surface area contributed by atoms with Gasteiger partial charge < -0.3 is 15.0 Å². The molecular formula is C30H27F5N6O2S. The third-order valence-electron chi connectivity index (χ3n) is 6.66. The summed E-state index contributed by atoms with van der Waals surface area (Å²) in [5.41, 5.74) is 2.92. The van der Waals surface area contributed by atoms with Crippen LogP contribution in [0.25, 0.3) is 17.1 Å². The second-order valence-electron chi connectivity index (χ2n) is 10.0. The number of aliphatic imine (C=N–C) groups is 1. The van der Waals surface area contributed by atoms with E-state index in [4.69, 9.17) is 0 Å². The molecule has 1 aliphatic heterocycles. The molecule has 5 rings (SSSR count). The van der Waals surface area contributed by atoms with Crippen molar-refractivity contribution in [3.05, 3.63) is 90.3 Å². The summed E-state index contributed by atoms with van der Waals surface area (Å²) in [6, 6.07) is 17.6. The van der Waals surface area contributed by atoms with Gasteiger partial charge in [-0.15, -0.1) is 18.3 Å². The van der Waals surface area contributed by atoms with E-state index in [1.807, 2.05) is 34.5 Å². The van der Waals surface area contributed by atoms with Crippen LogP contribution in [-0.4, -0.2) is 50.9 Å². The quantitative estimate of drug-likeness (QED) is 0.160. The zero-order valence-corrected chi connectivity index (χ0v) is 24.3. The summed E-state index contributed by atoms with van der Waals surface area (Å²) < 4.78 is 72.2. The molecule has 4 aromatic rings. The number of aromatic nitrogens is 3. The largest absolute Gasteiger partial charge is 0.573 e. The Morgan fingerprint density at radius 3 is 2.41 bits per heavy atom. The monoisotopic (exact) mass is 630 g/mol. The molecule has 2 amide bonds. The van der Waals surface area contributed by atoms with Gasteiger partial charge in [-0.1, -0.05) is 68.1 Å². The van der Waals surface area contributed by atoms with Crippen molar-refractivity contribution < 1.29 is 31.5 Å². The number of thioether (sulfide) groups is 1. The van der Waals surface area contributed by atoms with Crippen molar-refractivity contribution in [3.63, 3.8) is 0 Å². The first kappa shape index (κ1) is 31.0. The van der Waals surface area contributed by atoms with Gasteiger partial charge in [0.25, 0.3) is 0 Å². The fourth-order valence-electron chi connectivity index (χ4n) is 4.56. The van der Waals surface area contributed by atoms with Gasteiger partial charge in [0.2, 0.25) is 6.30 Å². The van der Waals surface area contributed by atoms with Crippen molar-refractivity contribution >= 4 is 28.6 Å². The molecule has 2 atom stereocenters. The molecule has 14 heteroatoms. The number of halogens is 5. The van der Waals surface area contributed by atoms with Crippen molar-refractivity contribution in [2.45, 2.75) is 38.6 Å². The molecule has 2 unspecified atom stereocenters. The summed E-state index contributed by atoms with van der Waals surface area (Å²) in [6.45, 7) is 4.77. The molecule has 44 heavy (non-hydrogen) atoms. The summed E-state index contributed by atoms with van der Waals surface area (Å²) in [4.78, 5) is 22.7. The molecule has 8 nitrogen and oxygen atoms in total. The number of benzene rings is 3. The number of rotatable bonds is 8. The number of anilines is 1. The fourth-order valence-corrected chi connectivity index (χ4v) is 5.50. The second kappa shape index (κ2) is 13.0. The number of hydrogen-bond acceptors (Lipinski definition) is 5. The van der Waals surface area contributed by atoms with E-state index in [-0.39, 0.29) is 23.1 Å². The predicted molar refractivity (Wildman–Crippen MR) is 159 cm³/mol. The molecule has 230 valence electrons. The molecule has 1 saturated heterocycles. The van der Waals surface area contributed by atoms with Crippen molar-refractivity contribution in [2.24, 2.45) is 4.99 Å². The van der Waals surface area contributed by atoms with Crippen LogP contribution in [0.5, 0.6) is 5.75 Å². The maximum atomic E-state index is 15.0. The van der Waals surface area contributed by atoms with E-state index in [1.165, 1.54) is 59.2 Å². The first-order valence-electron chi connectivity index (χ1n) is 13.5. The Hall–Kier alpha value is -4.46. The number of amidine groups is 1. The molecular weight excluding hydrogens is 603 g/mol.